The molecule has 0 unspecified atom stereocenters. The number of carbonyl (C=O) groups is 1. The molecule has 134 valence electrons. The smallest absolute Gasteiger partial charge is 0.235 e. The van der Waals surface area contributed by atoms with E-state index < -0.39 is 11.6 Å². The monoisotopic (exact) mass is 393 g/mol. The zero-order chi connectivity index (χ0) is 18.5. The lowest BCUT2D eigenvalue weighted by atomic mass is 10.2. The number of benzene rings is 2. The van der Waals surface area contributed by atoms with Crippen molar-refractivity contribution in [2.75, 3.05) is 11.1 Å². The molecule has 0 aliphatic heterocycles. The maximum atomic E-state index is 13.2. The molecule has 0 aliphatic rings. The average molecular weight is 394 g/mol. The van der Waals surface area contributed by atoms with Gasteiger partial charge in [-0.1, -0.05) is 29.8 Å². The molecule has 0 atom stereocenters. The zero-order valence-electron chi connectivity index (χ0n) is 13.5. The number of nitrogens with zero attached hydrogens (tertiary/aromatic N) is 2. The molecular formula is C18H14ClF2N3OS. The lowest BCUT2D eigenvalue weighted by molar-refractivity contribution is -0.113. The molecule has 26 heavy (non-hydrogen) atoms. The molecule has 3 rings (SSSR count). The van der Waals surface area contributed by atoms with Gasteiger partial charge in [-0.15, -0.1) is 11.8 Å². The molecule has 2 aromatic carbocycles. The van der Waals surface area contributed by atoms with Crippen LogP contribution >= 0.6 is 23.4 Å². The van der Waals surface area contributed by atoms with Gasteiger partial charge in [-0.3, -0.25) is 4.79 Å². The summed E-state index contributed by atoms with van der Waals surface area (Å²) in [4.78, 5) is 12.6. The van der Waals surface area contributed by atoms with Crippen molar-refractivity contribution in [1.82, 2.24) is 9.78 Å². The Hall–Kier alpha value is -2.38. The molecule has 8 heteroatoms. The predicted molar refractivity (Wildman–Crippen MR) is 98.5 cm³/mol. The quantitative estimate of drug-likeness (QED) is 0.623. The maximum Gasteiger partial charge on any atom is 0.235 e. The Morgan fingerprint density at radius 1 is 1.15 bits per heavy atom. The molecule has 3 aromatic rings. The molecule has 0 aliphatic carbocycles. The molecular weight excluding hydrogens is 380 g/mol. The van der Waals surface area contributed by atoms with Crippen molar-refractivity contribution in [2.45, 2.75) is 11.4 Å². The van der Waals surface area contributed by atoms with Crippen LogP contribution in [0.25, 0.3) is 0 Å². The first-order valence-electron chi connectivity index (χ1n) is 7.66. The fraction of sp³-hybridized carbons (Fsp3) is 0.111. The fourth-order valence-electron chi connectivity index (χ4n) is 2.25. The van der Waals surface area contributed by atoms with Gasteiger partial charge in [-0.25, -0.2) is 13.5 Å². The van der Waals surface area contributed by atoms with Crippen LogP contribution in [0.2, 0.25) is 5.02 Å². The van der Waals surface area contributed by atoms with Crippen LogP contribution in [0, 0.1) is 11.6 Å². The van der Waals surface area contributed by atoms with Crippen molar-refractivity contribution in [3.63, 3.8) is 0 Å². The fourth-order valence-corrected chi connectivity index (χ4v) is 3.16. The van der Waals surface area contributed by atoms with Crippen LogP contribution in [0.5, 0.6) is 0 Å². The van der Waals surface area contributed by atoms with Gasteiger partial charge in [0, 0.05) is 16.0 Å². The second kappa shape index (κ2) is 8.33. The van der Waals surface area contributed by atoms with Gasteiger partial charge in [0.2, 0.25) is 5.91 Å². The molecule has 1 N–H and O–H groups in total. The molecule has 1 aromatic heterocycles. The van der Waals surface area contributed by atoms with Gasteiger partial charge < -0.3 is 5.32 Å². The summed E-state index contributed by atoms with van der Waals surface area (Å²) in [7, 11) is 0. The van der Waals surface area contributed by atoms with Crippen LogP contribution in [-0.2, 0) is 11.3 Å². The largest absolute Gasteiger partial charge is 0.310 e. The third-order valence-corrected chi connectivity index (χ3v) is 4.89. The number of carbonyl (C=O) groups excluding carboxylic acids is 1. The Kier molecular flexibility index (Phi) is 5.90. The SMILES string of the molecule is O=C(CSc1ccc(F)c(F)c1)Nc1ccnn1Cc1ccccc1Cl. The van der Waals surface area contributed by atoms with Gasteiger partial charge >= 0.3 is 0 Å². The predicted octanol–water partition coefficient (Wildman–Crippen LogP) is 4.59. The maximum absolute atomic E-state index is 13.2. The number of hydrogen-bond acceptors (Lipinski definition) is 3. The van der Waals surface area contributed by atoms with Crippen LogP contribution in [0.15, 0.2) is 59.6 Å². The zero-order valence-corrected chi connectivity index (χ0v) is 15.0. The highest BCUT2D eigenvalue weighted by Crippen LogP contribution is 2.21. The van der Waals surface area contributed by atoms with Gasteiger partial charge in [-0.2, -0.15) is 5.10 Å². The molecule has 0 bridgehead atoms. The van der Waals surface area contributed by atoms with Crippen LogP contribution in [0.1, 0.15) is 5.56 Å². The summed E-state index contributed by atoms with van der Waals surface area (Å²) in [6.07, 6.45) is 1.58. The molecule has 0 saturated heterocycles. The van der Waals surface area contributed by atoms with Gasteiger partial charge in [0.25, 0.3) is 0 Å². The van der Waals surface area contributed by atoms with Crippen molar-refractivity contribution in [2.24, 2.45) is 0 Å². The average Bonchev–Trinajstić information content (AvgIpc) is 3.05. The number of thioether (sulfide) groups is 1. The minimum absolute atomic E-state index is 0.0579. The van der Waals surface area contributed by atoms with E-state index in [1.807, 2.05) is 18.2 Å². The highest BCUT2D eigenvalue weighted by Gasteiger charge is 2.10. The lowest BCUT2D eigenvalue weighted by Gasteiger charge is -2.10. The van der Waals surface area contributed by atoms with Crippen LogP contribution in [0.4, 0.5) is 14.6 Å². The number of amides is 1. The number of aromatic nitrogens is 2. The van der Waals surface area contributed by atoms with Crippen molar-refractivity contribution >= 4 is 35.1 Å². The topological polar surface area (TPSA) is 46.9 Å². The van der Waals surface area contributed by atoms with Crippen molar-refractivity contribution in [1.29, 1.82) is 0 Å². The molecule has 1 heterocycles. The summed E-state index contributed by atoms with van der Waals surface area (Å²) in [6, 6.07) is 12.6. The van der Waals surface area contributed by atoms with E-state index in [0.717, 1.165) is 29.5 Å². The second-order valence-corrected chi connectivity index (χ2v) is 6.83. The highest BCUT2D eigenvalue weighted by molar-refractivity contribution is 8.00. The summed E-state index contributed by atoms with van der Waals surface area (Å²) in [5, 5.41) is 7.57. The first-order valence-corrected chi connectivity index (χ1v) is 9.02. The Balaban J connectivity index is 1.60. The van der Waals surface area contributed by atoms with Crippen molar-refractivity contribution in [3.05, 3.63) is 76.9 Å². The minimum atomic E-state index is -0.937. The van der Waals surface area contributed by atoms with Gasteiger partial charge in [0.15, 0.2) is 11.6 Å². The number of nitrogens with one attached hydrogen (secondary N) is 1. The number of halogens is 3. The molecule has 0 radical (unpaired) electrons. The van der Waals surface area contributed by atoms with E-state index >= 15 is 0 Å². The summed E-state index contributed by atoms with van der Waals surface area (Å²) < 4.78 is 27.7. The van der Waals surface area contributed by atoms with Gasteiger partial charge in [0.05, 0.1) is 18.5 Å². The summed E-state index contributed by atoms with van der Waals surface area (Å²) >= 11 is 7.27. The molecule has 1 amide bonds. The van der Waals surface area contributed by atoms with E-state index in [1.54, 1.807) is 23.0 Å². The van der Waals surface area contributed by atoms with E-state index in [1.165, 1.54) is 6.07 Å². The first kappa shape index (κ1) is 18.4. The van der Waals surface area contributed by atoms with Crippen LogP contribution in [0.3, 0.4) is 0 Å². The van der Waals surface area contributed by atoms with E-state index in [9.17, 15) is 13.6 Å². The van der Waals surface area contributed by atoms with E-state index in [-0.39, 0.29) is 11.7 Å². The number of hydrogen-bond donors (Lipinski definition) is 1. The standard InChI is InChI=1S/C18H14ClF2N3OS/c19-14-4-2-1-3-12(14)10-24-17(7-8-22-24)23-18(25)11-26-13-5-6-15(20)16(21)9-13/h1-9H,10-11H2,(H,23,25). The summed E-state index contributed by atoms with van der Waals surface area (Å²) in [5.41, 5.74) is 0.879. The summed E-state index contributed by atoms with van der Waals surface area (Å²) in [5.74, 6) is -1.54. The number of rotatable bonds is 6. The molecule has 0 fully saturated rings. The third kappa shape index (κ3) is 4.62. The normalized spacial score (nSPS) is 10.7. The summed E-state index contributed by atoms with van der Waals surface area (Å²) in [6.45, 7) is 0.415. The van der Waals surface area contributed by atoms with E-state index in [2.05, 4.69) is 10.4 Å². The van der Waals surface area contributed by atoms with Crippen LogP contribution in [-0.4, -0.2) is 21.4 Å². The highest BCUT2D eigenvalue weighted by atomic mass is 35.5. The molecule has 4 nitrogen and oxygen atoms in total. The third-order valence-electron chi connectivity index (χ3n) is 3.52. The Bertz CT molecular complexity index is 932. The first-order chi connectivity index (χ1) is 12.5. The number of anilines is 1. The second-order valence-electron chi connectivity index (χ2n) is 5.38. The minimum Gasteiger partial charge on any atom is -0.310 e. The van der Waals surface area contributed by atoms with Crippen molar-refractivity contribution in [3.8, 4) is 0 Å². The Morgan fingerprint density at radius 3 is 2.73 bits per heavy atom. The Morgan fingerprint density at radius 2 is 1.96 bits per heavy atom. The van der Waals surface area contributed by atoms with Crippen LogP contribution < -0.4 is 5.32 Å². The van der Waals surface area contributed by atoms with E-state index in [0.29, 0.717) is 22.3 Å². The lowest BCUT2D eigenvalue weighted by Crippen LogP contribution is -2.18. The van der Waals surface area contributed by atoms with E-state index in [4.69, 9.17) is 11.6 Å². The molecule has 0 saturated carbocycles. The Labute approximate surface area is 158 Å². The molecule has 0 spiro atoms. The van der Waals surface area contributed by atoms with Crippen molar-refractivity contribution < 1.29 is 13.6 Å². The van der Waals surface area contributed by atoms with Gasteiger partial charge in [-0.05, 0) is 29.8 Å². The van der Waals surface area contributed by atoms with Gasteiger partial charge in [0.1, 0.15) is 5.82 Å².